The highest BCUT2D eigenvalue weighted by Gasteiger charge is 2.17. The van der Waals surface area contributed by atoms with Crippen LogP contribution in [0.5, 0.6) is 5.75 Å². The lowest BCUT2D eigenvalue weighted by Gasteiger charge is -2.13. The highest BCUT2D eigenvalue weighted by molar-refractivity contribution is 7.89. The molecule has 4 rings (SSSR count). The van der Waals surface area contributed by atoms with Crippen molar-refractivity contribution in [2.24, 2.45) is 5.14 Å². The van der Waals surface area contributed by atoms with Crippen LogP contribution < -0.4 is 15.6 Å². The Morgan fingerprint density at radius 2 is 1.94 bits per heavy atom. The lowest BCUT2D eigenvalue weighted by atomic mass is 9.97. The SMILES string of the molecule is Nc1c(-c2cccc(OCCCCCn3ccc(S(N)(=O)=O)n3)c2)ccc2c1CCC2. The molecule has 1 aliphatic carbocycles. The van der Waals surface area contributed by atoms with Crippen molar-refractivity contribution in [3.8, 4) is 16.9 Å². The number of fused-ring (bicyclic) bond motifs is 1. The van der Waals surface area contributed by atoms with Crippen LogP contribution in [0, 0.1) is 0 Å². The second-order valence-corrected chi connectivity index (χ2v) is 9.43. The molecule has 0 fully saturated rings. The largest absolute Gasteiger partial charge is 0.494 e. The van der Waals surface area contributed by atoms with Crippen LogP contribution in [-0.4, -0.2) is 24.8 Å². The molecule has 1 heterocycles. The summed E-state index contributed by atoms with van der Waals surface area (Å²) in [5, 5.41) is 8.95. The highest BCUT2D eigenvalue weighted by Crippen LogP contribution is 2.36. The molecule has 1 aromatic heterocycles. The molecule has 0 saturated heterocycles. The van der Waals surface area contributed by atoms with E-state index in [-0.39, 0.29) is 5.03 Å². The van der Waals surface area contributed by atoms with Crippen LogP contribution in [-0.2, 0) is 29.4 Å². The molecule has 0 atom stereocenters. The number of unbranched alkanes of at least 4 members (excludes halogenated alkanes) is 2. The maximum absolute atomic E-state index is 11.3. The Kier molecular flexibility index (Phi) is 6.29. The normalized spacial score (nSPS) is 13.3. The number of hydrogen-bond acceptors (Lipinski definition) is 5. The molecule has 164 valence electrons. The number of aryl methyl sites for hydroxylation is 2. The van der Waals surface area contributed by atoms with Crippen LogP contribution >= 0.6 is 0 Å². The molecule has 2 aromatic carbocycles. The van der Waals surface area contributed by atoms with Gasteiger partial charge in [0.1, 0.15) is 5.75 Å². The van der Waals surface area contributed by atoms with Gasteiger partial charge < -0.3 is 10.5 Å². The van der Waals surface area contributed by atoms with Crippen molar-refractivity contribution in [3.05, 3.63) is 59.8 Å². The van der Waals surface area contributed by atoms with Crippen molar-refractivity contribution in [1.82, 2.24) is 9.78 Å². The zero-order valence-electron chi connectivity index (χ0n) is 17.5. The van der Waals surface area contributed by atoms with Gasteiger partial charge in [-0.1, -0.05) is 24.3 Å². The fourth-order valence-corrected chi connectivity index (χ4v) is 4.53. The van der Waals surface area contributed by atoms with E-state index in [1.807, 2.05) is 18.2 Å². The van der Waals surface area contributed by atoms with Gasteiger partial charge in [-0.25, -0.2) is 13.6 Å². The fraction of sp³-hybridized carbons (Fsp3) is 0.348. The number of hydrogen-bond donors (Lipinski definition) is 2. The average Bonchev–Trinajstić information content (AvgIpc) is 3.41. The van der Waals surface area contributed by atoms with Crippen LogP contribution in [0.15, 0.2) is 53.7 Å². The smallest absolute Gasteiger partial charge is 0.257 e. The molecule has 8 heteroatoms. The van der Waals surface area contributed by atoms with Crippen LogP contribution in [0.2, 0.25) is 0 Å². The monoisotopic (exact) mass is 440 g/mol. The number of nitrogen functional groups attached to an aromatic ring is 1. The first-order chi connectivity index (χ1) is 14.9. The first-order valence-corrected chi connectivity index (χ1v) is 12.2. The molecule has 1 aliphatic rings. The van der Waals surface area contributed by atoms with Crippen LogP contribution in [0.1, 0.15) is 36.8 Å². The average molecular weight is 441 g/mol. The first-order valence-electron chi connectivity index (χ1n) is 10.6. The van der Waals surface area contributed by atoms with Crippen LogP contribution in [0.4, 0.5) is 5.69 Å². The third-order valence-corrected chi connectivity index (χ3v) is 6.48. The van der Waals surface area contributed by atoms with Gasteiger partial charge in [-0.05, 0) is 73.4 Å². The Morgan fingerprint density at radius 1 is 1.06 bits per heavy atom. The molecule has 0 radical (unpaired) electrons. The lowest BCUT2D eigenvalue weighted by molar-refractivity contribution is 0.303. The van der Waals surface area contributed by atoms with Gasteiger partial charge in [0, 0.05) is 24.0 Å². The number of primary sulfonamides is 1. The van der Waals surface area contributed by atoms with Crippen LogP contribution in [0.3, 0.4) is 0 Å². The van der Waals surface area contributed by atoms with E-state index in [1.165, 1.54) is 23.6 Å². The molecular formula is C23H28N4O3S. The molecule has 7 nitrogen and oxygen atoms in total. The quantitative estimate of drug-likeness (QED) is 0.390. The Bertz CT molecular complexity index is 1170. The van der Waals surface area contributed by atoms with Gasteiger partial charge in [-0.15, -0.1) is 0 Å². The Morgan fingerprint density at radius 3 is 2.74 bits per heavy atom. The number of nitrogens with zero attached hydrogens (tertiary/aromatic N) is 2. The maximum Gasteiger partial charge on any atom is 0.257 e. The number of anilines is 1. The van der Waals surface area contributed by atoms with Gasteiger partial charge in [0.25, 0.3) is 10.0 Å². The van der Waals surface area contributed by atoms with Gasteiger partial charge in [0.2, 0.25) is 0 Å². The van der Waals surface area contributed by atoms with E-state index in [1.54, 1.807) is 10.9 Å². The summed E-state index contributed by atoms with van der Waals surface area (Å²) in [6, 6.07) is 13.8. The summed E-state index contributed by atoms with van der Waals surface area (Å²) >= 11 is 0. The van der Waals surface area contributed by atoms with E-state index in [9.17, 15) is 8.42 Å². The van der Waals surface area contributed by atoms with Gasteiger partial charge in [-0.2, -0.15) is 5.10 Å². The predicted molar refractivity (Wildman–Crippen MR) is 121 cm³/mol. The van der Waals surface area contributed by atoms with Crippen molar-refractivity contribution >= 4 is 15.7 Å². The highest BCUT2D eigenvalue weighted by atomic mass is 32.2. The minimum Gasteiger partial charge on any atom is -0.494 e. The number of nitrogens with two attached hydrogens (primary N) is 2. The third kappa shape index (κ3) is 5.08. The van der Waals surface area contributed by atoms with Crippen molar-refractivity contribution in [2.75, 3.05) is 12.3 Å². The van der Waals surface area contributed by atoms with E-state index >= 15 is 0 Å². The molecule has 31 heavy (non-hydrogen) atoms. The molecule has 0 bridgehead atoms. The molecule has 0 amide bonds. The summed E-state index contributed by atoms with van der Waals surface area (Å²) in [6.45, 7) is 1.26. The topological polar surface area (TPSA) is 113 Å². The van der Waals surface area contributed by atoms with E-state index < -0.39 is 10.0 Å². The zero-order valence-corrected chi connectivity index (χ0v) is 18.3. The Hall–Kier alpha value is -2.84. The molecule has 0 unspecified atom stereocenters. The fourth-order valence-electron chi connectivity index (χ4n) is 4.06. The second kappa shape index (κ2) is 9.11. The summed E-state index contributed by atoms with van der Waals surface area (Å²) in [5.41, 5.74) is 12.2. The van der Waals surface area contributed by atoms with Crippen molar-refractivity contribution < 1.29 is 13.2 Å². The van der Waals surface area contributed by atoms with Gasteiger partial charge >= 0.3 is 0 Å². The second-order valence-electron chi connectivity index (χ2n) is 7.92. The van der Waals surface area contributed by atoms with Crippen LogP contribution in [0.25, 0.3) is 11.1 Å². The molecule has 0 aliphatic heterocycles. The first kappa shape index (κ1) is 21.4. The van der Waals surface area contributed by atoms with Crippen molar-refractivity contribution in [2.45, 2.75) is 50.1 Å². The number of aromatic nitrogens is 2. The summed E-state index contributed by atoms with van der Waals surface area (Å²) in [6.07, 6.45) is 7.72. The van der Waals surface area contributed by atoms with Gasteiger partial charge in [0.15, 0.2) is 5.03 Å². The van der Waals surface area contributed by atoms with Gasteiger partial charge in [0.05, 0.1) is 6.61 Å². The molecular weight excluding hydrogens is 412 g/mol. The van der Waals surface area contributed by atoms with E-state index in [0.29, 0.717) is 13.2 Å². The summed E-state index contributed by atoms with van der Waals surface area (Å²) in [5.74, 6) is 0.835. The third-order valence-electron chi connectivity index (χ3n) is 5.68. The molecule has 3 aromatic rings. The summed E-state index contributed by atoms with van der Waals surface area (Å²) < 4.78 is 30.1. The number of sulfonamides is 1. The number of rotatable bonds is 9. The molecule has 0 saturated carbocycles. The zero-order chi connectivity index (χ0) is 21.8. The van der Waals surface area contributed by atoms with E-state index in [0.717, 1.165) is 54.7 Å². The minimum absolute atomic E-state index is 0.0975. The standard InChI is InChI=1S/C23H28N4O3S/c24-23-20-9-5-6-17(20)10-11-21(23)18-7-4-8-19(16-18)30-15-3-1-2-13-27-14-12-22(26-27)31(25,28)29/h4,7-8,10-12,14,16H,1-3,5-6,9,13,15,24H2,(H2,25,28,29). The maximum atomic E-state index is 11.3. The van der Waals surface area contributed by atoms with Crippen molar-refractivity contribution in [1.29, 1.82) is 0 Å². The number of ether oxygens (including phenoxy) is 1. The molecule has 4 N–H and O–H groups in total. The Labute approximate surface area is 183 Å². The van der Waals surface area contributed by atoms with E-state index in [2.05, 4.69) is 23.3 Å². The summed E-state index contributed by atoms with van der Waals surface area (Å²) in [7, 11) is -3.74. The van der Waals surface area contributed by atoms with Gasteiger partial charge in [-0.3, -0.25) is 4.68 Å². The molecule has 0 spiro atoms. The van der Waals surface area contributed by atoms with Crippen molar-refractivity contribution in [3.63, 3.8) is 0 Å². The van der Waals surface area contributed by atoms with E-state index in [4.69, 9.17) is 15.6 Å². The Balaban J connectivity index is 1.26. The predicted octanol–water partition coefficient (Wildman–Crippen LogP) is 3.52. The number of benzene rings is 2. The summed E-state index contributed by atoms with van der Waals surface area (Å²) in [4.78, 5) is 0. The minimum atomic E-state index is -3.74. The lowest BCUT2D eigenvalue weighted by Crippen LogP contribution is -2.13.